The molecule has 0 saturated heterocycles. The molecular formula is C16H14BrN. The fraction of sp³-hybridized carbons (Fsp3) is 0.188. The van der Waals surface area contributed by atoms with E-state index in [-0.39, 0.29) is 5.92 Å². The molecule has 2 heteroatoms. The minimum Gasteiger partial charge on any atom is -0.198 e. The number of rotatable bonds is 3. The Bertz CT molecular complexity index is 566. The van der Waals surface area contributed by atoms with Crippen LogP contribution in [0.1, 0.15) is 22.6 Å². The van der Waals surface area contributed by atoms with Crippen LogP contribution in [0.15, 0.2) is 53.0 Å². The summed E-state index contributed by atoms with van der Waals surface area (Å²) in [6, 6.07) is 18.6. The number of hydrogen-bond donors (Lipinski definition) is 0. The molecule has 0 saturated carbocycles. The molecule has 0 spiro atoms. The molecule has 0 heterocycles. The Morgan fingerprint density at radius 3 is 2.39 bits per heavy atom. The molecule has 0 aromatic heterocycles. The highest BCUT2D eigenvalue weighted by atomic mass is 79.9. The van der Waals surface area contributed by atoms with Gasteiger partial charge < -0.3 is 0 Å². The van der Waals surface area contributed by atoms with Gasteiger partial charge in [0.15, 0.2) is 0 Å². The van der Waals surface area contributed by atoms with E-state index in [4.69, 9.17) is 0 Å². The molecule has 0 bridgehead atoms. The molecule has 2 aromatic carbocycles. The van der Waals surface area contributed by atoms with E-state index < -0.39 is 0 Å². The van der Waals surface area contributed by atoms with Crippen LogP contribution in [-0.4, -0.2) is 0 Å². The summed E-state index contributed by atoms with van der Waals surface area (Å²) in [5.74, 6) is -0.0841. The van der Waals surface area contributed by atoms with Crippen molar-refractivity contribution in [3.63, 3.8) is 0 Å². The molecule has 0 fully saturated rings. The molecule has 2 aromatic rings. The van der Waals surface area contributed by atoms with Gasteiger partial charge in [-0.15, -0.1) is 0 Å². The first-order valence-corrected chi connectivity index (χ1v) is 6.69. The second kappa shape index (κ2) is 5.84. The normalized spacial score (nSPS) is 11.8. The number of benzene rings is 2. The monoisotopic (exact) mass is 299 g/mol. The van der Waals surface area contributed by atoms with Crippen LogP contribution >= 0.6 is 15.9 Å². The summed E-state index contributed by atoms with van der Waals surface area (Å²) in [7, 11) is 0. The molecule has 1 unspecified atom stereocenters. The molecular weight excluding hydrogens is 286 g/mol. The van der Waals surface area contributed by atoms with Gasteiger partial charge in [-0.25, -0.2) is 0 Å². The zero-order valence-electron chi connectivity index (χ0n) is 10.2. The lowest BCUT2D eigenvalue weighted by Crippen LogP contribution is -2.01. The van der Waals surface area contributed by atoms with E-state index in [1.54, 1.807) is 0 Å². The van der Waals surface area contributed by atoms with Crippen molar-refractivity contribution in [1.29, 1.82) is 5.26 Å². The van der Waals surface area contributed by atoms with Gasteiger partial charge in [0.05, 0.1) is 12.0 Å². The molecule has 0 radical (unpaired) electrons. The van der Waals surface area contributed by atoms with Gasteiger partial charge in [-0.1, -0.05) is 52.3 Å². The quantitative estimate of drug-likeness (QED) is 0.812. The standard InChI is InChI=1S/C16H14BrN/c1-12-4-2-3-5-14(12)10-15(11-18)13-6-8-16(17)9-7-13/h2-9,15H,10H2,1H3. The Morgan fingerprint density at radius 2 is 1.78 bits per heavy atom. The van der Waals surface area contributed by atoms with Crippen molar-refractivity contribution in [2.75, 3.05) is 0 Å². The summed E-state index contributed by atoms with van der Waals surface area (Å²) in [6.07, 6.45) is 0.769. The third-order valence-electron chi connectivity index (χ3n) is 3.11. The van der Waals surface area contributed by atoms with Gasteiger partial charge in [-0.3, -0.25) is 0 Å². The number of nitrogens with zero attached hydrogens (tertiary/aromatic N) is 1. The molecule has 0 aliphatic carbocycles. The van der Waals surface area contributed by atoms with Crippen LogP contribution in [-0.2, 0) is 6.42 Å². The number of aryl methyl sites for hydroxylation is 1. The van der Waals surface area contributed by atoms with Crippen LogP contribution in [0.25, 0.3) is 0 Å². The van der Waals surface area contributed by atoms with Crippen molar-refractivity contribution in [3.05, 3.63) is 69.7 Å². The number of nitriles is 1. The minimum atomic E-state index is -0.0841. The van der Waals surface area contributed by atoms with Gasteiger partial charge in [0.25, 0.3) is 0 Å². The largest absolute Gasteiger partial charge is 0.198 e. The first-order chi connectivity index (χ1) is 8.70. The first kappa shape index (κ1) is 12.9. The minimum absolute atomic E-state index is 0.0841. The van der Waals surface area contributed by atoms with Crippen molar-refractivity contribution in [1.82, 2.24) is 0 Å². The Kier molecular flexibility index (Phi) is 4.17. The van der Waals surface area contributed by atoms with Gasteiger partial charge in [-0.05, 0) is 42.2 Å². The highest BCUT2D eigenvalue weighted by Gasteiger charge is 2.12. The summed E-state index contributed by atoms with van der Waals surface area (Å²) in [5.41, 5.74) is 3.56. The molecule has 90 valence electrons. The van der Waals surface area contributed by atoms with E-state index in [1.165, 1.54) is 11.1 Å². The van der Waals surface area contributed by atoms with Crippen molar-refractivity contribution in [3.8, 4) is 6.07 Å². The van der Waals surface area contributed by atoms with Gasteiger partial charge in [0, 0.05) is 4.47 Å². The second-order valence-corrected chi connectivity index (χ2v) is 5.28. The van der Waals surface area contributed by atoms with E-state index in [2.05, 4.69) is 41.1 Å². The molecule has 18 heavy (non-hydrogen) atoms. The predicted octanol–water partition coefficient (Wildman–Crippen LogP) is 4.61. The van der Waals surface area contributed by atoms with Gasteiger partial charge >= 0.3 is 0 Å². The molecule has 1 atom stereocenters. The second-order valence-electron chi connectivity index (χ2n) is 4.36. The van der Waals surface area contributed by atoms with Crippen LogP contribution in [0.2, 0.25) is 0 Å². The van der Waals surface area contributed by atoms with Crippen LogP contribution in [0, 0.1) is 18.3 Å². The van der Waals surface area contributed by atoms with E-state index in [0.29, 0.717) is 0 Å². The van der Waals surface area contributed by atoms with Crippen molar-refractivity contribution in [2.45, 2.75) is 19.3 Å². The van der Waals surface area contributed by atoms with E-state index >= 15 is 0 Å². The van der Waals surface area contributed by atoms with E-state index in [0.717, 1.165) is 16.5 Å². The lowest BCUT2D eigenvalue weighted by Gasteiger charge is -2.11. The predicted molar refractivity (Wildman–Crippen MR) is 77.4 cm³/mol. The summed E-state index contributed by atoms with van der Waals surface area (Å²) < 4.78 is 1.04. The van der Waals surface area contributed by atoms with Crippen LogP contribution in [0.4, 0.5) is 0 Å². The summed E-state index contributed by atoms with van der Waals surface area (Å²) in [4.78, 5) is 0. The number of hydrogen-bond acceptors (Lipinski definition) is 1. The Labute approximate surface area is 116 Å². The van der Waals surface area contributed by atoms with Crippen molar-refractivity contribution < 1.29 is 0 Å². The fourth-order valence-corrected chi connectivity index (χ4v) is 2.26. The maximum absolute atomic E-state index is 9.34. The Balaban J connectivity index is 2.23. The molecule has 2 rings (SSSR count). The van der Waals surface area contributed by atoms with Crippen molar-refractivity contribution in [2.24, 2.45) is 0 Å². The Hall–Kier alpha value is -1.59. The molecule has 0 N–H and O–H groups in total. The third kappa shape index (κ3) is 3.00. The summed E-state index contributed by atoms with van der Waals surface area (Å²) >= 11 is 3.41. The molecule has 0 amide bonds. The van der Waals surface area contributed by atoms with Crippen LogP contribution in [0.5, 0.6) is 0 Å². The number of halogens is 1. The lowest BCUT2D eigenvalue weighted by molar-refractivity contribution is 0.843. The van der Waals surface area contributed by atoms with Crippen LogP contribution in [0.3, 0.4) is 0 Å². The average Bonchev–Trinajstić information content (AvgIpc) is 2.39. The lowest BCUT2D eigenvalue weighted by atomic mass is 9.91. The smallest absolute Gasteiger partial charge is 0.0753 e. The highest BCUT2D eigenvalue weighted by molar-refractivity contribution is 9.10. The van der Waals surface area contributed by atoms with Crippen molar-refractivity contribution >= 4 is 15.9 Å². The fourth-order valence-electron chi connectivity index (χ4n) is 1.99. The summed E-state index contributed by atoms with van der Waals surface area (Å²) in [5, 5.41) is 9.34. The molecule has 0 aliphatic rings. The Morgan fingerprint density at radius 1 is 1.11 bits per heavy atom. The maximum Gasteiger partial charge on any atom is 0.0753 e. The molecule has 1 nitrogen and oxygen atoms in total. The van der Waals surface area contributed by atoms with Gasteiger partial charge in [0.1, 0.15) is 0 Å². The van der Waals surface area contributed by atoms with E-state index in [1.807, 2.05) is 36.4 Å². The zero-order chi connectivity index (χ0) is 13.0. The topological polar surface area (TPSA) is 23.8 Å². The first-order valence-electron chi connectivity index (χ1n) is 5.90. The van der Waals surface area contributed by atoms with Gasteiger partial charge in [-0.2, -0.15) is 5.26 Å². The third-order valence-corrected chi connectivity index (χ3v) is 3.64. The van der Waals surface area contributed by atoms with Gasteiger partial charge in [0.2, 0.25) is 0 Å². The highest BCUT2D eigenvalue weighted by Crippen LogP contribution is 2.23. The zero-order valence-corrected chi connectivity index (χ0v) is 11.8. The van der Waals surface area contributed by atoms with E-state index in [9.17, 15) is 5.26 Å². The van der Waals surface area contributed by atoms with Crippen LogP contribution < -0.4 is 0 Å². The molecule has 0 aliphatic heterocycles. The SMILES string of the molecule is Cc1ccccc1CC(C#N)c1ccc(Br)cc1. The average molecular weight is 300 g/mol. The summed E-state index contributed by atoms with van der Waals surface area (Å²) in [6.45, 7) is 2.09. The maximum atomic E-state index is 9.34.